The molecule has 0 spiro atoms. The summed E-state index contributed by atoms with van der Waals surface area (Å²) in [5, 5.41) is 0. The molecule has 0 heterocycles. The monoisotopic (exact) mass is 309 g/mol. The normalized spacial score (nSPS) is 10.1. The van der Waals surface area contributed by atoms with Crippen LogP contribution in [0.3, 0.4) is 0 Å². The number of carbonyl (C=O) groups excluding carboxylic acids is 1. The van der Waals surface area contributed by atoms with Crippen LogP contribution in [0.2, 0.25) is 0 Å². The first kappa shape index (κ1) is 23.4. The third-order valence-corrected chi connectivity index (χ3v) is 3.71. The summed E-state index contributed by atoms with van der Waals surface area (Å²) in [6.07, 6.45) is 18.0. The fourth-order valence-electron chi connectivity index (χ4n) is 2.39. The minimum atomic E-state index is -0.0666. The largest absolute Gasteiger partial charge is 0.469 e. The van der Waals surface area contributed by atoms with Gasteiger partial charge in [0, 0.05) is 57.8 Å². The first-order valence-corrected chi connectivity index (χ1v) is 8.38. The zero-order chi connectivity index (χ0) is 14.2. The SMILES string of the molecule is CCCCCCCCCCCCCCCC(=O)OC.[K]. The van der Waals surface area contributed by atoms with E-state index in [9.17, 15) is 4.79 Å². The topological polar surface area (TPSA) is 26.3 Å². The summed E-state index contributed by atoms with van der Waals surface area (Å²) in [6, 6.07) is 0. The number of hydrogen-bond acceptors (Lipinski definition) is 2. The number of rotatable bonds is 14. The van der Waals surface area contributed by atoms with Crippen molar-refractivity contribution in [2.24, 2.45) is 0 Å². The molecule has 0 aromatic heterocycles. The maximum Gasteiger partial charge on any atom is 0.305 e. The molecular weight excluding hydrogens is 275 g/mol. The summed E-state index contributed by atoms with van der Waals surface area (Å²) in [7, 11) is 1.46. The van der Waals surface area contributed by atoms with Crippen LogP contribution in [0.4, 0.5) is 0 Å². The quantitative estimate of drug-likeness (QED) is 0.248. The summed E-state index contributed by atoms with van der Waals surface area (Å²) in [5.74, 6) is -0.0666. The van der Waals surface area contributed by atoms with Gasteiger partial charge in [-0.3, -0.25) is 4.79 Å². The third kappa shape index (κ3) is 19.1. The first-order chi connectivity index (χ1) is 9.31. The second-order valence-electron chi connectivity index (χ2n) is 5.57. The molecule has 0 aromatic carbocycles. The number of hydrogen-bond donors (Lipinski definition) is 0. The summed E-state index contributed by atoms with van der Waals surface area (Å²) in [5.41, 5.74) is 0. The van der Waals surface area contributed by atoms with E-state index in [1.54, 1.807) is 0 Å². The van der Waals surface area contributed by atoms with Gasteiger partial charge in [-0.25, -0.2) is 0 Å². The molecule has 0 aliphatic carbocycles. The molecule has 0 aromatic rings. The van der Waals surface area contributed by atoms with Crippen LogP contribution in [-0.4, -0.2) is 64.5 Å². The average molecular weight is 310 g/mol. The molecule has 0 aliphatic heterocycles. The Morgan fingerprint density at radius 2 is 1.05 bits per heavy atom. The molecule has 0 amide bonds. The summed E-state index contributed by atoms with van der Waals surface area (Å²) in [6.45, 7) is 2.27. The van der Waals surface area contributed by atoms with Gasteiger partial charge in [-0.2, -0.15) is 0 Å². The maximum absolute atomic E-state index is 10.9. The second kappa shape index (κ2) is 20.1. The molecular formula is C17H34KO2. The minimum absolute atomic E-state index is 0. The van der Waals surface area contributed by atoms with Crippen LogP contribution in [0, 0.1) is 0 Å². The molecule has 115 valence electrons. The van der Waals surface area contributed by atoms with Crippen LogP contribution in [0.5, 0.6) is 0 Å². The second-order valence-corrected chi connectivity index (χ2v) is 5.57. The molecule has 3 heteroatoms. The Morgan fingerprint density at radius 3 is 1.40 bits per heavy atom. The van der Waals surface area contributed by atoms with Crippen LogP contribution in [0.15, 0.2) is 0 Å². The first-order valence-electron chi connectivity index (χ1n) is 8.38. The van der Waals surface area contributed by atoms with Gasteiger partial charge in [-0.05, 0) is 6.42 Å². The predicted molar refractivity (Wildman–Crippen MR) is 88.1 cm³/mol. The molecule has 1 radical (unpaired) electrons. The zero-order valence-electron chi connectivity index (χ0n) is 14.2. The molecule has 0 rings (SSSR count). The molecule has 0 saturated heterocycles. The van der Waals surface area contributed by atoms with Gasteiger partial charge < -0.3 is 4.74 Å². The zero-order valence-corrected chi connectivity index (χ0v) is 17.3. The van der Waals surface area contributed by atoms with Crippen LogP contribution in [0.1, 0.15) is 96.8 Å². The molecule has 0 N–H and O–H groups in total. The average Bonchev–Trinajstić information content (AvgIpc) is 2.43. The van der Waals surface area contributed by atoms with E-state index in [1.165, 1.54) is 84.2 Å². The summed E-state index contributed by atoms with van der Waals surface area (Å²) < 4.78 is 4.62. The Bertz CT molecular complexity index is 195. The molecule has 2 nitrogen and oxygen atoms in total. The minimum Gasteiger partial charge on any atom is -0.469 e. The fourth-order valence-corrected chi connectivity index (χ4v) is 2.39. The number of methoxy groups -OCH3 is 1. The van der Waals surface area contributed by atoms with Gasteiger partial charge in [-0.1, -0.05) is 84.0 Å². The molecule has 0 bridgehead atoms. The van der Waals surface area contributed by atoms with Gasteiger partial charge in [-0.15, -0.1) is 0 Å². The van der Waals surface area contributed by atoms with Crippen molar-refractivity contribution in [2.75, 3.05) is 7.11 Å². The molecule has 20 heavy (non-hydrogen) atoms. The van der Waals surface area contributed by atoms with Crippen LogP contribution < -0.4 is 0 Å². The van der Waals surface area contributed by atoms with Crippen molar-refractivity contribution in [3.05, 3.63) is 0 Å². The predicted octanol–water partition coefficient (Wildman–Crippen LogP) is 5.26. The number of esters is 1. The Morgan fingerprint density at radius 1 is 0.700 bits per heavy atom. The molecule has 0 atom stereocenters. The molecule has 0 unspecified atom stereocenters. The number of unbranched alkanes of at least 4 members (excludes halogenated alkanes) is 12. The summed E-state index contributed by atoms with van der Waals surface area (Å²) in [4.78, 5) is 10.9. The molecule has 0 aliphatic rings. The van der Waals surface area contributed by atoms with Crippen molar-refractivity contribution in [3.63, 3.8) is 0 Å². The molecule has 0 fully saturated rings. The smallest absolute Gasteiger partial charge is 0.305 e. The Kier molecular flexibility index (Phi) is 23.5. The van der Waals surface area contributed by atoms with E-state index in [0.717, 1.165) is 6.42 Å². The van der Waals surface area contributed by atoms with E-state index >= 15 is 0 Å². The van der Waals surface area contributed by atoms with Gasteiger partial charge in [0.1, 0.15) is 0 Å². The van der Waals surface area contributed by atoms with E-state index in [-0.39, 0.29) is 57.4 Å². The van der Waals surface area contributed by atoms with E-state index in [0.29, 0.717) is 6.42 Å². The maximum atomic E-state index is 10.9. The van der Waals surface area contributed by atoms with Gasteiger partial charge in [0.15, 0.2) is 0 Å². The van der Waals surface area contributed by atoms with Crippen molar-refractivity contribution >= 4 is 57.4 Å². The van der Waals surface area contributed by atoms with Crippen LogP contribution in [-0.2, 0) is 9.53 Å². The van der Waals surface area contributed by atoms with Crippen molar-refractivity contribution in [1.29, 1.82) is 0 Å². The van der Waals surface area contributed by atoms with Gasteiger partial charge >= 0.3 is 5.97 Å². The fraction of sp³-hybridized carbons (Fsp3) is 0.941. The van der Waals surface area contributed by atoms with E-state index in [2.05, 4.69) is 11.7 Å². The van der Waals surface area contributed by atoms with Crippen molar-refractivity contribution < 1.29 is 9.53 Å². The Hall–Kier alpha value is 1.11. The van der Waals surface area contributed by atoms with Gasteiger partial charge in [0.2, 0.25) is 0 Å². The number of ether oxygens (including phenoxy) is 1. The van der Waals surface area contributed by atoms with E-state index in [1.807, 2.05) is 0 Å². The standard InChI is InChI=1S/C17H34O2.K/c1-3-4-5-6-7-8-9-10-11-12-13-14-15-16-17(18)19-2;/h3-16H2,1-2H3;. The number of carbonyl (C=O) groups is 1. The third-order valence-electron chi connectivity index (χ3n) is 3.71. The van der Waals surface area contributed by atoms with Crippen molar-refractivity contribution in [3.8, 4) is 0 Å². The van der Waals surface area contributed by atoms with Crippen LogP contribution in [0.25, 0.3) is 0 Å². The van der Waals surface area contributed by atoms with Gasteiger partial charge in [0.25, 0.3) is 0 Å². The van der Waals surface area contributed by atoms with Crippen molar-refractivity contribution in [2.45, 2.75) is 96.8 Å². The van der Waals surface area contributed by atoms with Crippen LogP contribution >= 0.6 is 0 Å². The van der Waals surface area contributed by atoms with Crippen molar-refractivity contribution in [1.82, 2.24) is 0 Å². The Balaban J connectivity index is 0. The summed E-state index contributed by atoms with van der Waals surface area (Å²) >= 11 is 0. The Labute approximate surface area is 169 Å². The molecule has 0 saturated carbocycles. The van der Waals surface area contributed by atoms with E-state index in [4.69, 9.17) is 0 Å². The van der Waals surface area contributed by atoms with E-state index < -0.39 is 0 Å². The van der Waals surface area contributed by atoms with Gasteiger partial charge in [0.05, 0.1) is 7.11 Å².